The van der Waals surface area contributed by atoms with Crippen molar-refractivity contribution in [3.63, 3.8) is 0 Å². The third kappa shape index (κ3) is 6.84. The van der Waals surface area contributed by atoms with Crippen LogP contribution in [0.4, 0.5) is 0 Å². The fraction of sp³-hybridized carbons (Fsp3) is 0.520. The first-order chi connectivity index (χ1) is 14.2. The topological polar surface area (TPSA) is 36.9 Å². The molecule has 0 aliphatic heterocycles. The second-order valence-corrected chi connectivity index (χ2v) is 7.31. The van der Waals surface area contributed by atoms with Gasteiger partial charge in [-0.2, -0.15) is 0 Å². The van der Waals surface area contributed by atoms with Crippen LogP contribution in [-0.4, -0.2) is 27.3 Å². The molecule has 29 heavy (non-hydrogen) atoms. The van der Waals surface area contributed by atoms with E-state index in [-0.39, 0.29) is 5.92 Å². The maximum absolute atomic E-state index is 5.92. The third-order valence-electron chi connectivity index (χ3n) is 5.39. The smallest absolute Gasteiger partial charge is 0.289 e. The van der Waals surface area contributed by atoms with Crippen LogP contribution in [0, 0.1) is 0 Å². The summed E-state index contributed by atoms with van der Waals surface area (Å²) in [6.45, 7) is 2.24. The largest absolute Gasteiger partial charge is 0.457 e. The molecule has 0 saturated carbocycles. The molecule has 0 fully saturated rings. The predicted octanol–water partition coefficient (Wildman–Crippen LogP) is 6.91. The van der Waals surface area contributed by atoms with Crippen LogP contribution in [-0.2, 0) is 14.2 Å². The zero-order chi connectivity index (χ0) is 21.0. The van der Waals surface area contributed by atoms with Crippen molar-refractivity contribution in [1.29, 1.82) is 0 Å². The summed E-state index contributed by atoms with van der Waals surface area (Å²) in [5.41, 5.74) is 1.12. The first-order valence-electron chi connectivity index (χ1n) is 10.7. The highest BCUT2D eigenvalue weighted by molar-refractivity contribution is 5.34. The average molecular weight is 401 g/mol. The van der Waals surface area contributed by atoms with Gasteiger partial charge in [0.2, 0.25) is 0 Å². The van der Waals surface area contributed by atoms with Crippen molar-refractivity contribution in [1.82, 2.24) is 0 Å². The van der Waals surface area contributed by atoms with Gasteiger partial charge >= 0.3 is 0 Å². The summed E-state index contributed by atoms with van der Waals surface area (Å²) < 4.78 is 23.0. The Bertz CT molecular complexity index is 657. The van der Waals surface area contributed by atoms with E-state index in [1.807, 2.05) is 42.5 Å². The van der Waals surface area contributed by atoms with Crippen LogP contribution in [0.3, 0.4) is 0 Å². The van der Waals surface area contributed by atoms with Gasteiger partial charge in [0.1, 0.15) is 11.5 Å². The SMILES string of the molecule is CCCCCCCCC(c1ccc(Oc2ccccc2)cc1)C(OC)(OC)OC. The van der Waals surface area contributed by atoms with Gasteiger partial charge < -0.3 is 18.9 Å². The molecule has 0 N–H and O–H groups in total. The second kappa shape index (κ2) is 12.6. The Balaban J connectivity index is 2.10. The van der Waals surface area contributed by atoms with Crippen molar-refractivity contribution in [2.24, 2.45) is 0 Å². The van der Waals surface area contributed by atoms with E-state index in [1.165, 1.54) is 32.1 Å². The quantitative estimate of drug-likeness (QED) is 0.255. The van der Waals surface area contributed by atoms with E-state index in [0.717, 1.165) is 29.9 Å². The average Bonchev–Trinajstić information content (AvgIpc) is 2.77. The molecule has 2 rings (SSSR count). The van der Waals surface area contributed by atoms with E-state index >= 15 is 0 Å². The molecule has 4 heteroatoms. The molecule has 1 atom stereocenters. The molecule has 0 amide bonds. The first kappa shape index (κ1) is 23.4. The van der Waals surface area contributed by atoms with Crippen LogP contribution < -0.4 is 4.74 Å². The summed E-state index contributed by atoms with van der Waals surface area (Å²) in [5.74, 6) is 0.505. The van der Waals surface area contributed by atoms with Gasteiger partial charge in [0.15, 0.2) is 0 Å². The highest BCUT2D eigenvalue weighted by Crippen LogP contribution is 2.38. The number of hydrogen-bond acceptors (Lipinski definition) is 4. The van der Waals surface area contributed by atoms with Gasteiger partial charge in [-0.15, -0.1) is 0 Å². The lowest BCUT2D eigenvalue weighted by Gasteiger charge is -2.36. The molecule has 1 unspecified atom stereocenters. The maximum atomic E-state index is 5.92. The van der Waals surface area contributed by atoms with Crippen molar-refractivity contribution in [2.75, 3.05) is 21.3 Å². The van der Waals surface area contributed by atoms with Gasteiger partial charge in [0, 0.05) is 21.3 Å². The maximum Gasteiger partial charge on any atom is 0.289 e. The number of hydrogen-bond donors (Lipinski definition) is 0. The van der Waals surface area contributed by atoms with E-state index in [9.17, 15) is 0 Å². The third-order valence-corrected chi connectivity index (χ3v) is 5.39. The number of methoxy groups -OCH3 is 3. The lowest BCUT2D eigenvalue weighted by atomic mass is 9.90. The number of rotatable bonds is 14. The lowest BCUT2D eigenvalue weighted by molar-refractivity contribution is -0.365. The Morgan fingerprint density at radius 1 is 0.690 bits per heavy atom. The summed E-state index contributed by atoms with van der Waals surface area (Å²) in [6, 6.07) is 17.9. The predicted molar refractivity (Wildman–Crippen MR) is 117 cm³/mol. The van der Waals surface area contributed by atoms with E-state index in [1.54, 1.807) is 21.3 Å². The molecule has 0 saturated heterocycles. The van der Waals surface area contributed by atoms with E-state index in [2.05, 4.69) is 19.1 Å². The molecule has 0 aliphatic rings. The molecule has 0 aromatic heterocycles. The fourth-order valence-electron chi connectivity index (χ4n) is 3.75. The van der Waals surface area contributed by atoms with Gasteiger partial charge in [-0.1, -0.05) is 75.8 Å². The van der Waals surface area contributed by atoms with Crippen molar-refractivity contribution >= 4 is 0 Å². The molecule has 4 nitrogen and oxygen atoms in total. The molecule has 2 aromatic rings. The van der Waals surface area contributed by atoms with Crippen molar-refractivity contribution in [3.8, 4) is 11.5 Å². The first-order valence-corrected chi connectivity index (χ1v) is 10.7. The van der Waals surface area contributed by atoms with Crippen LogP contribution in [0.1, 0.15) is 63.4 Å². The van der Waals surface area contributed by atoms with Crippen LogP contribution in [0.25, 0.3) is 0 Å². The van der Waals surface area contributed by atoms with Crippen LogP contribution in [0.15, 0.2) is 54.6 Å². The Morgan fingerprint density at radius 3 is 1.83 bits per heavy atom. The van der Waals surface area contributed by atoms with Crippen LogP contribution in [0.5, 0.6) is 11.5 Å². The van der Waals surface area contributed by atoms with E-state index < -0.39 is 5.97 Å². The summed E-state index contributed by atoms with van der Waals surface area (Å²) in [7, 11) is 4.90. The number of unbranched alkanes of at least 4 members (excludes halogenated alkanes) is 5. The highest BCUT2D eigenvalue weighted by Gasteiger charge is 2.40. The monoisotopic (exact) mass is 400 g/mol. The second-order valence-electron chi connectivity index (χ2n) is 7.31. The Hall–Kier alpha value is -1.88. The number of benzene rings is 2. The molecule has 0 bridgehead atoms. The Morgan fingerprint density at radius 2 is 1.24 bits per heavy atom. The molecular formula is C25H36O4. The molecule has 0 radical (unpaired) electrons. The van der Waals surface area contributed by atoms with Gasteiger partial charge in [-0.3, -0.25) is 0 Å². The summed E-state index contributed by atoms with van der Waals surface area (Å²) in [5, 5.41) is 0. The van der Waals surface area contributed by atoms with Crippen LogP contribution in [0.2, 0.25) is 0 Å². The molecule has 0 spiro atoms. The zero-order valence-corrected chi connectivity index (χ0v) is 18.4. The van der Waals surface area contributed by atoms with Crippen molar-refractivity contribution in [2.45, 2.75) is 63.8 Å². The Kier molecular flexibility index (Phi) is 10.2. The van der Waals surface area contributed by atoms with E-state index in [4.69, 9.17) is 18.9 Å². The minimum Gasteiger partial charge on any atom is -0.457 e. The van der Waals surface area contributed by atoms with Crippen molar-refractivity contribution in [3.05, 3.63) is 60.2 Å². The minimum absolute atomic E-state index is 0.0283. The van der Waals surface area contributed by atoms with Crippen molar-refractivity contribution < 1.29 is 18.9 Å². The van der Waals surface area contributed by atoms with Crippen LogP contribution >= 0.6 is 0 Å². The van der Waals surface area contributed by atoms with Gasteiger partial charge in [-0.05, 0) is 36.2 Å². The van der Waals surface area contributed by atoms with Gasteiger partial charge in [0.25, 0.3) is 5.97 Å². The molecule has 160 valence electrons. The fourth-order valence-corrected chi connectivity index (χ4v) is 3.75. The highest BCUT2D eigenvalue weighted by atomic mass is 16.9. The van der Waals surface area contributed by atoms with E-state index in [0.29, 0.717) is 0 Å². The standard InChI is InChI=1S/C25H36O4/c1-5-6-7-8-9-13-16-24(25(26-2,27-3)28-4)21-17-19-23(20-18-21)29-22-14-11-10-12-15-22/h10-12,14-15,17-20,24H,5-9,13,16H2,1-4H3. The number of ether oxygens (including phenoxy) is 4. The molecular weight excluding hydrogens is 364 g/mol. The zero-order valence-electron chi connectivity index (χ0n) is 18.4. The normalized spacial score (nSPS) is 12.7. The summed E-state index contributed by atoms with van der Waals surface area (Å²) in [6.07, 6.45) is 8.39. The summed E-state index contributed by atoms with van der Waals surface area (Å²) in [4.78, 5) is 0. The summed E-state index contributed by atoms with van der Waals surface area (Å²) >= 11 is 0. The molecule has 2 aromatic carbocycles. The minimum atomic E-state index is -1.09. The Labute approximate surface area is 176 Å². The number of para-hydroxylation sites is 1. The molecule has 0 heterocycles. The van der Waals surface area contributed by atoms with Gasteiger partial charge in [-0.25, -0.2) is 0 Å². The van der Waals surface area contributed by atoms with Gasteiger partial charge in [0.05, 0.1) is 5.92 Å². The lowest BCUT2D eigenvalue weighted by Crippen LogP contribution is -2.42. The molecule has 0 aliphatic carbocycles.